The first kappa shape index (κ1) is 12.6. The van der Waals surface area contributed by atoms with Crippen LogP contribution in [0.2, 0.25) is 10.0 Å². The summed E-state index contributed by atoms with van der Waals surface area (Å²) in [6.07, 6.45) is -3.10. The molecule has 0 aliphatic carbocycles. The monoisotopic (exact) mass is 303 g/mol. The molecule has 1 radical (unpaired) electrons. The number of rotatable bonds is 0. The fraction of sp³-hybridized carbons (Fsp3) is 0.0833. The van der Waals surface area contributed by atoms with Crippen molar-refractivity contribution in [2.24, 2.45) is 0 Å². The Morgan fingerprint density at radius 3 is 2.68 bits per heavy atom. The molecule has 3 rings (SSSR count). The van der Waals surface area contributed by atoms with E-state index in [1.54, 1.807) is 0 Å². The quantitative estimate of drug-likeness (QED) is 0.632. The first-order chi connectivity index (χ1) is 8.88. The third kappa shape index (κ3) is 1.93. The zero-order valence-electron chi connectivity index (χ0n) is 9.07. The van der Waals surface area contributed by atoms with Gasteiger partial charge in [-0.1, -0.05) is 23.2 Å². The van der Waals surface area contributed by atoms with Crippen LogP contribution in [0, 0.1) is 6.07 Å². The van der Waals surface area contributed by atoms with E-state index in [2.05, 4.69) is 16.0 Å². The molecule has 1 N–H and O–H groups in total. The van der Waals surface area contributed by atoms with Gasteiger partial charge in [-0.3, -0.25) is 0 Å². The molecule has 0 spiro atoms. The molecule has 0 aliphatic heterocycles. The number of fused-ring (bicyclic) bond motifs is 3. The number of halogens is 5. The highest BCUT2D eigenvalue weighted by atomic mass is 35.5. The van der Waals surface area contributed by atoms with Gasteiger partial charge in [0.05, 0.1) is 21.1 Å². The van der Waals surface area contributed by atoms with E-state index in [1.807, 2.05) is 0 Å². The standard InChI is InChI=1S/C12H4Cl2F3N2/c13-7-4-18-11-9(10(7)14)6-3-5(12(15,16)17)1-2-8(6)19-11/h1,3-4H,(H,18,19). The zero-order valence-corrected chi connectivity index (χ0v) is 10.6. The lowest BCUT2D eigenvalue weighted by molar-refractivity contribution is -0.137. The molecule has 0 fully saturated rings. The predicted octanol–water partition coefficient (Wildman–Crippen LogP) is 4.84. The molecule has 7 heteroatoms. The van der Waals surface area contributed by atoms with Gasteiger partial charge in [-0.15, -0.1) is 0 Å². The summed E-state index contributed by atoms with van der Waals surface area (Å²) in [5.41, 5.74) is -0.0171. The number of hydrogen-bond donors (Lipinski definition) is 1. The minimum Gasteiger partial charge on any atom is -0.339 e. The molecule has 19 heavy (non-hydrogen) atoms. The van der Waals surface area contributed by atoms with Crippen molar-refractivity contribution in [3.05, 3.63) is 40.0 Å². The van der Waals surface area contributed by atoms with E-state index in [9.17, 15) is 13.2 Å². The van der Waals surface area contributed by atoms with E-state index in [4.69, 9.17) is 23.2 Å². The molecule has 0 aliphatic rings. The van der Waals surface area contributed by atoms with E-state index in [0.717, 1.165) is 12.1 Å². The van der Waals surface area contributed by atoms with Gasteiger partial charge in [0, 0.05) is 23.0 Å². The first-order valence-corrected chi connectivity index (χ1v) is 5.88. The van der Waals surface area contributed by atoms with Gasteiger partial charge in [0.1, 0.15) is 5.65 Å². The molecule has 2 nitrogen and oxygen atoms in total. The molecule has 0 unspecified atom stereocenters. The number of aromatic amines is 1. The van der Waals surface area contributed by atoms with E-state index in [-0.39, 0.29) is 10.0 Å². The van der Waals surface area contributed by atoms with E-state index >= 15 is 0 Å². The normalized spacial score (nSPS) is 12.5. The Morgan fingerprint density at radius 2 is 2.00 bits per heavy atom. The Labute approximate surface area is 115 Å². The number of benzene rings is 1. The third-order valence-corrected chi connectivity index (χ3v) is 3.53. The van der Waals surface area contributed by atoms with Crippen molar-refractivity contribution in [1.29, 1.82) is 0 Å². The zero-order chi connectivity index (χ0) is 13.8. The summed E-state index contributed by atoms with van der Waals surface area (Å²) in [4.78, 5) is 6.85. The van der Waals surface area contributed by atoms with Gasteiger partial charge in [0.25, 0.3) is 0 Å². The second kappa shape index (κ2) is 4.02. The van der Waals surface area contributed by atoms with Crippen LogP contribution in [0.15, 0.2) is 18.3 Å². The van der Waals surface area contributed by atoms with Crippen LogP contribution in [-0.4, -0.2) is 9.97 Å². The largest absolute Gasteiger partial charge is 0.416 e. The van der Waals surface area contributed by atoms with Crippen molar-refractivity contribution in [3.63, 3.8) is 0 Å². The lowest BCUT2D eigenvalue weighted by Crippen LogP contribution is -2.04. The van der Waals surface area contributed by atoms with E-state index in [0.29, 0.717) is 21.9 Å². The van der Waals surface area contributed by atoms with Crippen LogP contribution in [0.5, 0.6) is 0 Å². The molecule has 0 bridgehead atoms. The summed E-state index contributed by atoms with van der Waals surface area (Å²) in [5, 5.41) is 1.02. The Balaban J connectivity index is 2.44. The Morgan fingerprint density at radius 1 is 1.26 bits per heavy atom. The minimum atomic E-state index is -4.44. The Kier molecular flexibility index (Phi) is 2.66. The molecule has 0 saturated heterocycles. The molecule has 0 saturated carbocycles. The number of alkyl halides is 3. The van der Waals surface area contributed by atoms with Crippen LogP contribution in [0.3, 0.4) is 0 Å². The average molecular weight is 304 g/mol. The predicted molar refractivity (Wildman–Crippen MR) is 67.5 cm³/mol. The van der Waals surface area contributed by atoms with Gasteiger partial charge in [0.2, 0.25) is 0 Å². The summed E-state index contributed by atoms with van der Waals surface area (Å²) >= 11 is 11.9. The second-order valence-electron chi connectivity index (χ2n) is 3.94. The molecule has 97 valence electrons. The van der Waals surface area contributed by atoms with Gasteiger partial charge in [0.15, 0.2) is 0 Å². The highest BCUT2D eigenvalue weighted by Crippen LogP contribution is 2.37. The van der Waals surface area contributed by atoms with E-state index < -0.39 is 11.7 Å². The summed E-state index contributed by atoms with van der Waals surface area (Å²) in [6, 6.07) is 4.44. The molecule has 3 aromatic rings. The summed E-state index contributed by atoms with van der Waals surface area (Å²) < 4.78 is 38.1. The Bertz CT molecular complexity index is 793. The van der Waals surface area contributed by atoms with Crippen molar-refractivity contribution in [2.75, 3.05) is 0 Å². The molecule has 0 atom stereocenters. The van der Waals surface area contributed by atoms with Gasteiger partial charge in [-0.2, -0.15) is 13.2 Å². The second-order valence-corrected chi connectivity index (χ2v) is 4.73. The fourth-order valence-electron chi connectivity index (χ4n) is 1.89. The number of hydrogen-bond acceptors (Lipinski definition) is 1. The van der Waals surface area contributed by atoms with Crippen LogP contribution < -0.4 is 0 Å². The number of aromatic nitrogens is 2. The van der Waals surface area contributed by atoms with Gasteiger partial charge >= 0.3 is 6.18 Å². The van der Waals surface area contributed by atoms with Gasteiger partial charge < -0.3 is 4.98 Å². The molecule has 1 aromatic carbocycles. The highest BCUT2D eigenvalue weighted by Gasteiger charge is 2.31. The molecule has 0 amide bonds. The number of H-pyrrole nitrogens is 1. The van der Waals surface area contributed by atoms with Crippen LogP contribution in [-0.2, 0) is 6.18 Å². The smallest absolute Gasteiger partial charge is 0.339 e. The van der Waals surface area contributed by atoms with Gasteiger partial charge in [-0.05, 0) is 12.1 Å². The molecular weight excluding hydrogens is 300 g/mol. The Hall–Kier alpha value is -1.46. The van der Waals surface area contributed by atoms with Crippen LogP contribution in [0.25, 0.3) is 21.9 Å². The number of pyridine rings is 1. The van der Waals surface area contributed by atoms with Crippen LogP contribution >= 0.6 is 23.2 Å². The van der Waals surface area contributed by atoms with Crippen molar-refractivity contribution < 1.29 is 13.2 Å². The minimum absolute atomic E-state index is 0.172. The SMILES string of the molecule is FC(F)(F)c1c[c]c2[nH]c3ncc(Cl)c(Cl)c3c2c1. The van der Waals surface area contributed by atoms with Crippen molar-refractivity contribution >= 4 is 45.1 Å². The average Bonchev–Trinajstić information content (AvgIpc) is 2.70. The summed E-state index contributed by atoms with van der Waals surface area (Å²) in [6.45, 7) is 0. The maximum absolute atomic E-state index is 12.7. The first-order valence-electron chi connectivity index (χ1n) is 5.12. The number of nitrogens with zero attached hydrogens (tertiary/aromatic N) is 1. The van der Waals surface area contributed by atoms with Gasteiger partial charge in [-0.25, -0.2) is 4.98 Å². The lowest BCUT2D eigenvalue weighted by Gasteiger charge is -2.06. The molecular formula is C12H4Cl2F3N2. The van der Waals surface area contributed by atoms with Crippen LogP contribution in [0.4, 0.5) is 13.2 Å². The summed E-state index contributed by atoms with van der Waals surface area (Å²) in [5.74, 6) is 0. The topological polar surface area (TPSA) is 28.7 Å². The maximum atomic E-state index is 12.7. The maximum Gasteiger partial charge on any atom is 0.416 e. The van der Waals surface area contributed by atoms with E-state index in [1.165, 1.54) is 6.20 Å². The van der Waals surface area contributed by atoms with Crippen molar-refractivity contribution in [2.45, 2.75) is 6.18 Å². The van der Waals surface area contributed by atoms with Crippen LogP contribution in [0.1, 0.15) is 5.56 Å². The highest BCUT2D eigenvalue weighted by molar-refractivity contribution is 6.46. The molecule has 2 aromatic heterocycles. The number of nitrogens with one attached hydrogen (secondary N) is 1. The fourth-order valence-corrected chi connectivity index (χ4v) is 2.27. The third-order valence-electron chi connectivity index (χ3n) is 2.75. The molecule has 2 heterocycles. The van der Waals surface area contributed by atoms with Crippen molar-refractivity contribution in [3.8, 4) is 0 Å². The summed E-state index contributed by atoms with van der Waals surface area (Å²) in [7, 11) is 0. The lowest BCUT2D eigenvalue weighted by atomic mass is 10.1. The van der Waals surface area contributed by atoms with Crippen molar-refractivity contribution in [1.82, 2.24) is 9.97 Å².